The summed E-state index contributed by atoms with van der Waals surface area (Å²) in [5, 5.41) is 11.4. The minimum atomic E-state index is -0.313. The third-order valence-electron chi connectivity index (χ3n) is 2.91. The van der Waals surface area contributed by atoms with Crippen molar-refractivity contribution in [2.45, 2.75) is 77.7 Å². The molecule has 0 aliphatic carbocycles. The molecule has 0 aliphatic rings. The largest absolute Gasteiger partial charge is 0.340 e. The molecule has 0 aliphatic heterocycles. The van der Waals surface area contributed by atoms with Gasteiger partial charge in [-0.3, -0.25) is 4.79 Å². The van der Waals surface area contributed by atoms with E-state index in [-0.39, 0.29) is 11.9 Å². The maximum absolute atomic E-state index is 11.4. The highest BCUT2D eigenvalue weighted by Crippen LogP contribution is 2.08. The second-order valence-corrected chi connectivity index (χ2v) is 4.53. The van der Waals surface area contributed by atoms with Crippen LogP contribution in [0.3, 0.4) is 0 Å². The second kappa shape index (κ2) is 11.4. The normalized spacial score (nSPS) is 11.8. The molecule has 98 valence electrons. The fourth-order valence-electron chi connectivity index (χ4n) is 1.73. The third-order valence-corrected chi connectivity index (χ3v) is 2.91. The summed E-state index contributed by atoms with van der Waals surface area (Å²) in [5.41, 5.74) is 0. The van der Waals surface area contributed by atoms with E-state index in [0.717, 1.165) is 12.8 Å². The maximum Gasteiger partial charge on any atom is 0.221 e. The van der Waals surface area contributed by atoms with E-state index in [4.69, 9.17) is 5.26 Å². The van der Waals surface area contributed by atoms with E-state index in [1.165, 1.54) is 32.1 Å². The van der Waals surface area contributed by atoms with Crippen LogP contribution in [0.2, 0.25) is 0 Å². The molecule has 0 radical (unpaired) electrons. The van der Waals surface area contributed by atoms with Crippen LogP contribution < -0.4 is 5.32 Å². The van der Waals surface area contributed by atoms with Crippen LogP contribution in [0.4, 0.5) is 0 Å². The molecule has 0 spiro atoms. The third kappa shape index (κ3) is 9.86. The summed E-state index contributed by atoms with van der Waals surface area (Å²) >= 11 is 0. The van der Waals surface area contributed by atoms with Crippen molar-refractivity contribution < 1.29 is 4.79 Å². The van der Waals surface area contributed by atoms with E-state index in [1.807, 2.05) is 6.92 Å². The average molecular weight is 238 g/mol. The van der Waals surface area contributed by atoms with Gasteiger partial charge in [-0.25, -0.2) is 0 Å². The summed E-state index contributed by atoms with van der Waals surface area (Å²) in [5.74, 6) is 0.0203. The second-order valence-electron chi connectivity index (χ2n) is 4.53. The van der Waals surface area contributed by atoms with Gasteiger partial charge >= 0.3 is 0 Å². The molecule has 0 fully saturated rings. The molecule has 0 rings (SSSR count). The molecule has 17 heavy (non-hydrogen) atoms. The van der Waals surface area contributed by atoms with Gasteiger partial charge in [-0.05, 0) is 12.8 Å². The summed E-state index contributed by atoms with van der Waals surface area (Å²) in [6, 6.07) is 1.76. The van der Waals surface area contributed by atoms with Crippen molar-refractivity contribution in [2.75, 3.05) is 0 Å². The van der Waals surface area contributed by atoms with E-state index < -0.39 is 0 Å². The summed E-state index contributed by atoms with van der Waals surface area (Å²) in [7, 11) is 0. The predicted molar refractivity (Wildman–Crippen MR) is 70.4 cm³/mol. The summed E-state index contributed by atoms with van der Waals surface area (Å²) in [6.45, 7) is 4.12. The van der Waals surface area contributed by atoms with Gasteiger partial charge in [0.1, 0.15) is 6.04 Å². The van der Waals surface area contributed by atoms with Crippen LogP contribution in [0, 0.1) is 11.3 Å². The molecule has 3 nitrogen and oxygen atoms in total. The van der Waals surface area contributed by atoms with E-state index in [0.29, 0.717) is 12.8 Å². The Bertz CT molecular complexity index is 233. The van der Waals surface area contributed by atoms with Crippen LogP contribution in [0.1, 0.15) is 71.6 Å². The zero-order valence-corrected chi connectivity index (χ0v) is 11.3. The number of carbonyl (C=O) groups excluding carboxylic acids is 1. The minimum Gasteiger partial charge on any atom is -0.340 e. The number of nitrogens with one attached hydrogen (secondary N) is 1. The zero-order chi connectivity index (χ0) is 12.9. The summed E-state index contributed by atoms with van der Waals surface area (Å²) in [6.07, 6.45) is 9.73. The number of nitriles is 1. The first kappa shape index (κ1) is 16.0. The van der Waals surface area contributed by atoms with Gasteiger partial charge in [0, 0.05) is 6.42 Å². The quantitative estimate of drug-likeness (QED) is 0.592. The molecule has 3 heteroatoms. The first-order valence-electron chi connectivity index (χ1n) is 6.93. The van der Waals surface area contributed by atoms with Crippen LogP contribution >= 0.6 is 0 Å². The van der Waals surface area contributed by atoms with Crippen molar-refractivity contribution in [3.8, 4) is 6.07 Å². The van der Waals surface area contributed by atoms with Gasteiger partial charge in [-0.15, -0.1) is 0 Å². The van der Waals surface area contributed by atoms with Gasteiger partial charge in [0.2, 0.25) is 5.91 Å². The molecule has 1 amide bonds. The molecular formula is C14H26N2O. The molecule has 0 heterocycles. The Labute approximate surface area is 106 Å². The van der Waals surface area contributed by atoms with E-state index in [1.54, 1.807) is 0 Å². The number of hydrogen-bond donors (Lipinski definition) is 1. The Hall–Kier alpha value is -1.04. The Kier molecular flexibility index (Phi) is 10.7. The Morgan fingerprint density at radius 1 is 1.12 bits per heavy atom. The first-order chi connectivity index (χ1) is 8.24. The summed E-state index contributed by atoms with van der Waals surface area (Å²) in [4.78, 5) is 11.4. The molecule has 1 N–H and O–H groups in total. The van der Waals surface area contributed by atoms with Gasteiger partial charge in [0.25, 0.3) is 0 Å². The lowest BCUT2D eigenvalue weighted by atomic mass is 10.1. The highest BCUT2D eigenvalue weighted by atomic mass is 16.1. The molecule has 1 unspecified atom stereocenters. The van der Waals surface area contributed by atoms with E-state index >= 15 is 0 Å². The first-order valence-corrected chi connectivity index (χ1v) is 6.93. The van der Waals surface area contributed by atoms with Crippen molar-refractivity contribution in [3.63, 3.8) is 0 Å². The Morgan fingerprint density at radius 2 is 1.71 bits per heavy atom. The van der Waals surface area contributed by atoms with Gasteiger partial charge < -0.3 is 5.32 Å². The van der Waals surface area contributed by atoms with Crippen LogP contribution in [0.15, 0.2) is 0 Å². The minimum absolute atomic E-state index is 0.0203. The maximum atomic E-state index is 11.4. The molecular weight excluding hydrogens is 212 g/mol. The summed E-state index contributed by atoms with van der Waals surface area (Å²) < 4.78 is 0. The lowest BCUT2D eigenvalue weighted by Crippen LogP contribution is -2.32. The van der Waals surface area contributed by atoms with Gasteiger partial charge in [0.15, 0.2) is 0 Å². The van der Waals surface area contributed by atoms with Gasteiger partial charge in [-0.2, -0.15) is 5.26 Å². The van der Waals surface area contributed by atoms with Crippen LogP contribution in [0.25, 0.3) is 0 Å². The highest BCUT2D eigenvalue weighted by molar-refractivity contribution is 5.76. The fourth-order valence-corrected chi connectivity index (χ4v) is 1.73. The van der Waals surface area contributed by atoms with Crippen molar-refractivity contribution in [2.24, 2.45) is 0 Å². The van der Waals surface area contributed by atoms with Crippen LogP contribution in [-0.2, 0) is 4.79 Å². The smallest absolute Gasteiger partial charge is 0.221 e. The number of nitrogens with zero attached hydrogens (tertiary/aromatic N) is 1. The monoisotopic (exact) mass is 238 g/mol. The Balaban J connectivity index is 3.36. The number of rotatable bonds is 10. The predicted octanol–water partition coefficient (Wildman–Crippen LogP) is 3.55. The van der Waals surface area contributed by atoms with Crippen LogP contribution in [-0.4, -0.2) is 11.9 Å². The van der Waals surface area contributed by atoms with E-state index in [2.05, 4.69) is 18.3 Å². The SMILES string of the molecule is CCCCCCCCCC(=O)NC(C#N)CC. The molecule has 0 saturated heterocycles. The number of unbranched alkanes of at least 4 members (excludes halogenated alkanes) is 6. The van der Waals surface area contributed by atoms with Crippen molar-refractivity contribution >= 4 is 5.91 Å². The topological polar surface area (TPSA) is 52.9 Å². The zero-order valence-electron chi connectivity index (χ0n) is 11.3. The van der Waals surface area contributed by atoms with Gasteiger partial charge in [0.05, 0.1) is 6.07 Å². The standard InChI is InChI=1S/C14H26N2O/c1-3-5-6-7-8-9-10-11-14(17)16-13(4-2)12-15/h13H,3-11H2,1-2H3,(H,16,17). The van der Waals surface area contributed by atoms with Crippen LogP contribution in [0.5, 0.6) is 0 Å². The molecule has 0 aromatic rings. The average Bonchev–Trinajstić information content (AvgIpc) is 2.34. The number of carbonyl (C=O) groups is 1. The van der Waals surface area contributed by atoms with Gasteiger partial charge in [-0.1, -0.05) is 52.4 Å². The Morgan fingerprint density at radius 3 is 2.24 bits per heavy atom. The van der Waals surface area contributed by atoms with E-state index in [9.17, 15) is 4.79 Å². The lowest BCUT2D eigenvalue weighted by molar-refractivity contribution is -0.121. The van der Waals surface area contributed by atoms with Crippen molar-refractivity contribution in [3.05, 3.63) is 0 Å². The molecule has 0 aromatic heterocycles. The molecule has 0 aromatic carbocycles. The van der Waals surface area contributed by atoms with Crippen molar-refractivity contribution in [1.29, 1.82) is 5.26 Å². The fraction of sp³-hybridized carbons (Fsp3) is 0.857. The van der Waals surface area contributed by atoms with Crippen molar-refractivity contribution in [1.82, 2.24) is 5.32 Å². The highest BCUT2D eigenvalue weighted by Gasteiger charge is 2.07. The molecule has 1 atom stereocenters. The number of hydrogen-bond acceptors (Lipinski definition) is 2. The molecule has 0 saturated carbocycles. The molecule has 0 bridgehead atoms. The number of amides is 1. The lowest BCUT2D eigenvalue weighted by Gasteiger charge is -2.08.